The van der Waals surface area contributed by atoms with Crippen LogP contribution in [0.3, 0.4) is 0 Å². The van der Waals surface area contributed by atoms with Crippen molar-refractivity contribution in [2.45, 2.75) is 63.9 Å². The number of nitro groups is 1. The van der Waals surface area contributed by atoms with Crippen LogP contribution in [0.25, 0.3) is 0 Å². The van der Waals surface area contributed by atoms with Crippen LogP contribution in [0.5, 0.6) is 11.5 Å². The predicted octanol–water partition coefficient (Wildman–Crippen LogP) is 4.04. The summed E-state index contributed by atoms with van der Waals surface area (Å²) in [6, 6.07) is 2.71. The summed E-state index contributed by atoms with van der Waals surface area (Å²) in [4.78, 5) is 35.8. The maximum absolute atomic E-state index is 12.6. The van der Waals surface area contributed by atoms with Crippen LogP contribution >= 0.6 is 11.8 Å². The zero-order valence-corrected chi connectivity index (χ0v) is 19.9. The maximum atomic E-state index is 12.6. The van der Waals surface area contributed by atoms with Crippen molar-refractivity contribution >= 4 is 29.5 Å². The van der Waals surface area contributed by atoms with E-state index in [9.17, 15) is 19.7 Å². The largest absolute Gasteiger partial charge is 0.493 e. The van der Waals surface area contributed by atoms with Gasteiger partial charge in [0.2, 0.25) is 0 Å². The van der Waals surface area contributed by atoms with Crippen LogP contribution in [0, 0.1) is 10.1 Å². The summed E-state index contributed by atoms with van der Waals surface area (Å²) in [7, 11) is 2.79. The van der Waals surface area contributed by atoms with E-state index in [0.717, 1.165) is 11.8 Å². The van der Waals surface area contributed by atoms with Crippen molar-refractivity contribution in [3.05, 3.63) is 27.8 Å². The molecule has 0 aromatic heterocycles. The number of benzene rings is 1. The average Bonchev–Trinajstić information content (AvgIpc) is 2.61. The fourth-order valence-electron chi connectivity index (χ4n) is 2.31. The summed E-state index contributed by atoms with van der Waals surface area (Å²) in [6.07, 6.45) is -0.808. The molecule has 1 unspecified atom stereocenters. The van der Waals surface area contributed by atoms with Gasteiger partial charge in [0.05, 0.1) is 25.2 Å². The van der Waals surface area contributed by atoms with Crippen molar-refractivity contribution in [2.24, 2.45) is 0 Å². The molecule has 11 heteroatoms. The number of rotatable bonds is 8. The van der Waals surface area contributed by atoms with Gasteiger partial charge >= 0.3 is 12.1 Å². The lowest BCUT2D eigenvalue weighted by atomic mass is 10.2. The van der Waals surface area contributed by atoms with E-state index >= 15 is 0 Å². The Kier molecular flexibility index (Phi) is 8.97. The fourth-order valence-corrected chi connectivity index (χ4v) is 3.25. The molecular formula is C20H30N2O8S. The molecule has 1 amide bonds. The molecule has 0 spiro atoms. The Morgan fingerprint density at radius 2 is 1.55 bits per heavy atom. The molecule has 1 aromatic carbocycles. The Labute approximate surface area is 186 Å². The van der Waals surface area contributed by atoms with E-state index in [2.05, 4.69) is 5.32 Å². The highest BCUT2D eigenvalue weighted by Gasteiger charge is 2.30. The van der Waals surface area contributed by atoms with E-state index in [-0.39, 0.29) is 22.8 Å². The standard InChI is InChI=1S/C20H30N2O8S/c1-19(2,3)29-17(23)16(21-18(24)30-20(4,5)6)31-11-12-9-14(27-7)15(28-8)10-13(12)22(25)26/h9-10,16H,11H2,1-8H3,(H,21,24). The molecule has 10 nitrogen and oxygen atoms in total. The lowest BCUT2D eigenvalue weighted by Gasteiger charge is -2.26. The molecule has 1 N–H and O–H groups in total. The smallest absolute Gasteiger partial charge is 0.409 e. The first-order chi connectivity index (χ1) is 14.2. The molecule has 0 radical (unpaired) electrons. The number of thioether (sulfide) groups is 1. The number of carbonyl (C=O) groups excluding carboxylic acids is 2. The first-order valence-electron chi connectivity index (χ1n) is 9.40. The summed E-state index contributed by atoms with van der Waals surface area (Å²) >= 11 is 0.955. The normalized spacial score (nSPS) is 12.5. The first kappa shape index (κ1) is 26.3. The van der Waals surface area contributed by atoms with Crippen molar-refractivity contribution in [2.75, 3.05) is 14.2 Å². The zero-order valence-electron chi connectivity index (χ0n) is 19.1. The highest BCUT2D eigenvalue weighted by atomic mass is 32.2. The third-order valence-corrected chi connectivity index (χ3v) is 4.58. The lowest BCUT2D eigenvalue weighted by Crippen LogP contribution is -2.44. The van der Waals surface area contributed by atoms with E-state index in [4.69, 9.17) is 18.9 Å². The molecule has 174 valence electrons. The highest BCUT2D eigenvalue weighted by molar-refractivity contribution is 7.99. The van der Waals surface area contributed by atoms with Crippen molar-refractivity contribution in [3.63, 3.8) is 0 Å². The molecule has 0 bridgehead atoms. The second-order valence-corrected chi connectivity index (χ2v) is 9.56. The van der Waals surface area contributed by atoms with Gasteiger partial charge < -0.3 is 18.9 Å². The molecule has 0 aliphatic rings. The summed E-state index contributed by atoms with van der Waals surface area (Å²) in [6.45, 7) is 10.2. The molecule has 0 saturated carbocycles. The zero-order chi connectivity index (χ0) is 24.0. The van der Waals surface area contributed by atoms with Gasteiger partial charge in [-0.05, 0) is 47.6 Å². The van der Waals surface area contributed by atoms with Crippen LogP contribution < -0.4 is 14.8 Å². The van der Waals surface area contributed by atoms with E-state index in [0.29, 0.717) is 5.75 Å². The molecular weight excluding hydrogens is 428 g/mol. The molecule has 1 rings (SSSR count). The van der Waals surface area contributed by atoms with Crippen molar-refractivity contribution in [1.82, 2.24) is 5.32 Å². The van der Waals surface area contributed by atoms with Gasteiger partial charge in [-0.2, -0.15) is 0 Å². The van der Waals surface area contributed by atoms with Gasteiger partial charge in [0, 0.05) is 11.3 Å². The van der Waals surface area contributed by atoms with E-state index in [1.165, 1.54) is 26.4 Å². The molecule has 1 atom stereocenters. The minimum absolute atomic E-state index is 0.0103. The van der Waals surface area contributed by atoms with Crippen LogP contribution in [-0.4, -0.2) is 47.8 Å². The number of hydrogen-bond donors (Lipinski definition) is 1. The highest BCUT2D eigenvalue weighted by Crippen LogP contribution is 2.36. The van der Waals surface area contributed by atoms with E-state index in [1.807, 2.05) is 0 Å². The van der Waals surface area contributed by atoms with Gasteiger partial charge in [-0.1, -0.05) is 0 Å². The summed E-state index contributed by atoms with van der Waals surface area (Å²) in [5.41, 5.74) is -1.48. The van der Waals surface area contributed by atoms with Crippen molar-refractivity contribution in [3.8, 4) is 11.5 Å². The number of carbonyl (C=O) groups is 2. The third kappa shape index (κ3) is 8.91. The van der Waals surface area contributed by atoms with Crippen LogP contribution in [0.15, 0.2) is 12.1 Å². The van der Waals surface area contributed by atoms with Crippen LogP contribution in [0.4, 0.5) is 10.5 Å². The minimum Gasteiger partial charge on any atom is -0.493 e. The van der Waals surface area contributed by atoms with Gasteiger partial charge in [-0.3, -0.25) is 15.4 Å². The Hall–Kier alpha value is -2.69. The van der Waals surface area contributed by atoms with Crippen molar-refractivity contribution < 1.29 is 33.5 Å². The lowest BCUT2D eigenvalue weighted by molar-refractivity contribution is -0.385. The van der Waals surface area contributed by atoms with Crippen LogP contribution in [-0.2, 0) is 20.0 Å². The molecule has 1 aromatic rings. The van der Waals surface area contributed by atoms with Crippen LogP contribution in [0.2, 0.25) is 0 Å². The number of nitrogens with zero attached hydrogens (tertiary/aromatic N) is 1. The second kappa shape index (κ2) is 10.6. The SMILES string of the molecule is COc1cc(CSC(NC(=O)OC(C)(C)C)C(=O)OC(C)(C)C)c([N+](=O)[O-])cc1OC. The van der Waals surface area contributed by atoms with E-state index in [1.54, 1.807) is 41.5 Å². The number of alkyl carbamates (subject to hydrolysis) is 1. The Bertz CT molecular complexity index is 815. The minimum atomic E-state index is -1.15. The maximum Gasteiger partial charge on any atom is 0.409 e. The molecule has 0 fully saturated rings. The van der Waals surface area contributed by atoms with Gasteiger partial charge in [0.15, 0.2) is 16.9 Å². The molecule has 0 aliphatic heterocycles. The Morgan fingerprint density at radius 3 is 2.00 bits per heavy atom. The number of amides is 1. The molecule has 0 saturated heterocycles. The topological polar surface area (TPSA) is 126 Å². The Balaban J connectivity index is 3.15. The molecule has 31 heavy (non-hydrogen) atoms. The third-order valence-electron chi connectivity index (χ3n) is 3.46. The predicted molar refractivity (Wildman–Crippen MR) is 116 cm³/mol. The van der Waals surface area contributed by atoms with Crippen molar-refractivity contribution in [1.29, 1.82) is 0 Å². The summed E-state index contributed by atoms with van der Waals surface area (Å²) < 4.78 is 20.9. The number of nitrogens with one attached hydrogen (secondary N) is 1. The van der Waals surface area contributed by atoms with Gasteiger partial charge in [0.1, 0.15) is 11.2 Å². The molecule has 0 aliphatic carbocycles. The molecule has 0 heterocycles. The number of esters is 1. The summed E-state index contributed by atoms with van der Waals surface area (Å²) in [5.74, 6) is -0.182. The average molecular weight is 459 g/mol. The number of nitro benzene ring substituents is 1. The van der Waals surface area contributed by atoms with Gasteiger partial charge in [-0.15, -0.1) is 11.8 Å². The van der Waals surface area contributed by atoms with Gasteiger partial charge in [0.25, 0.3) is 5.69 Å². The summed E-state index contributed by atoms with van der Waals surface area (Å²) in [5, 5.41) is 12.8. The quantitative estimate of drug-likeness (QED) is 0.266. The first-order valence-corrected chi connectivity index (χ1v) is 10.4. The number of methoxy groups -OCH3 is 2. The monoisotopic (exact) mass is 458 g/mol. The Morgan fingerprint density at radius 1 is 1.03 bits per heavy atom. The second-order valence-electron chi connectivity index (χ2n) is 8.46. The van der Waals surface area contributed by atoms with Gasteiger partial charge in [-0.25, -0.2) is 9.59 Å². The van der Waals surface area contributed by atoms with E-state index < -0.39 is 33.6 Å². The number of ether oxygens (including phenoxy) is 4. The van der Waals surface area contributed by atoms with Crippen LogP contribution in [0.1, 0.15) is 47.1 Å². The fraction of sp³-hybridized carbons (Fsp3) is 0.600. The number of hydrogen-bond acceptors (Lipinski definition) is 9.